The molecule has 1 aliphatic rings. The van der Waals surface area contributed by atoms with Gasteiger partial charge < -0.3 is 10.2 Å². The molecule has 0 spiro atoms. The van der Waals surface area contributed by atoms with Crippen molar-refractivity contribution in [2.24, 2.45) is 5.92 Å². The summed E-state index contributed by atoms with van der Waals surface area (Å²) < 4.78 is 47.9. The quantitative estimate of drug-likeness (QED) is 0.754. The van der Waals surface area contributed by atoms with Crippen LogP contribution >= 0.6 is 0 Å². The van der Waals surface area contributed by atoms with Crippen LogP contribution in [0.4, 0.5) is 5.69 Å². The summed E-state index contributed by atoms with van der Waals surface area (Å²) in [6.45, 7) is 0.623. The van der Waals surface area contributed by atoms with Crippen molar-refractivity contribution in [3.63, 3.8) is 0 Å². The highest BCUT2D eigenvalue weighted by Crippen LogP contribution is 2.30. The molecule has 1 aliphatic carbocycles. The summed E-state index contributed by atoms with van der Waals surface area (Å²) in [5, 5.41) is 3.26. The highest BCUT2D eigenvalue weighted by molar-refractivity contribution is 7.91. The number of hydrogen-bond acceptors (Lipinski definition) is 6. The molecule has 1 unspecified atom stereocenters. The predicted molar refractivity (Wildman–Crippen MR) is 105 cm³/mol. The number of nitrogens with one attached hydrogen (secondary N) is 1. The van der Waals surface area contributed by atoms with Crippen LogP contribution in [0.25, 0.3) is 0 Å². The molecule has 1 atom stereocenters. The molecular formula is C18H30N2O4S2. The van der Waals surface area contributed by atoms with Gasteiger partial charge in [-0.05, 0) is 51.1 Å². The Hall–Kier alpha value is -1.12. The molecule has 0 bridgehead atoms. The normalized spacial score (nSPS) is 18.0. The first kappa shape index (κ1) is 21.2. The highest BCUT2D eigenvalue weighted by atomic mass is 32.2. The first-order valence-corrected chi connectivity index (χ1v) is 12.7. The van der Waals surface area contributed by atoms with E-state index in [1.165, 1.54) is 44.2 Å². The molecule has 8 heteroatoms. The largest absolute Gasteiger partial charge is 0.382 e. The van der Waals surface area contributed by atoms with E-state index in [1.807, 2.05) is 14.1 Å². The lowest BCUT2D eigenvalue weighted by atomic mass is 9.83. The predicted octanol–water partition coefficient (Wildman–Crippen LogP) is 2.42. The van der Waals surface area contributed by atoms with Crippen molar-refractivity contribution in [3.05, 3.63) is 18.2 Å². The third-order valence-corrected chi connectivity index (χ3v) is 7.39. The molecular weight excluding hydrogens is 372 g/mol. The standard InChI is InChI=1S/C18H30N2O4S2/c1-20(2)17(14-8-6-5-7-9-14)13-19-16-11-10-15(25(3,21)22)12-18(16)26(4,23)24/h10-12,14,17,19H,5-9,13H2,1-4H3. The minimum atomic E-state index is -3.55. The third kappa shape index (κ3) is 5.44. The van der Waals surface area contributed by atoms with E-state index in [4.69, 9.17) is 0 Å². The molecule has 1 fully saturated rings. The zero-order valence-corrected chi connectivity index (χ0v) is 17.7. The summed E-state index contributed by atoms with van der Waals surface area (Å²) in [6, 6.07) is 4.56. The Kier molecular flexibility index (Phi) is 6.74. The van der Waals surface area contributed by atoms with Crippen molar-refractivity contribution in [1.29, 1.82) is 0 Å². The van der Waals surface area contributed by atoms with Crippen LogP contribution < -0.4 is 5.32 Å². The van der Waals surface area contributed by atoms with E-state index in [-0.39, 0.29) is 9.79 Å². The van der Waals surface area contributed by atoms with Crippen molar-refractivity contribution in [2.45, 2.75) is 47.9 Å². The first-order chi connectivity index (χ1) is 12.0. The lowest BCUT2D eigenvalue weighted by Crippen LogP contribution is -2.41. The average molecular weight is 403 g/mol. The maximum Gasteiger partial charge on any atom is 0.177 e. The lowest BCUT2D eigenvalue weighted by Gasteiger charge is -2.35. The van der Waals surface area contributed by atoms with Crippen LogP contribution in [0.2, 0.25) is 0 Å². The summed E-state index contributed by atoms with van der Waals surface area (Å²) in [4.78, 5) is 2.23. The van der Waals surface area contributed by atoms with Crippen LogP contribution in [-0.2, 0) is 19.7 Å². The summed E-state index contributed by atoms with van der Waals surface area (Å²) in [5.74, 6) is 0.586. The van der Waals surface area contributed by atoms with Gasteiger partial charge in [-0.3, -0.25) is 0 Å². The van der Waals surface area contributed by atoms with Crippen LogP contribution in [0.1, 0.15) is 32.1 Å². The highest BCUT2D eigenvalue weighted by Gasteiger charge is 2.26. The third-order valence-electron chi connectivity index (χ3n) is 5.14. The summed E-state index contributed by atoms with van der Waals surface area (Å²) in [7, 11) is -2.92. The van der Waals surface area contributed by atoms with Crippen LogP contribution in [0, 0.1) is 5.92 Å². The molecule has 0 amide bonds. The van der Waals surface area contributed by atoms with Crippen LogP contribution in [0.5, 0.6) is 0 Å². The van der Waals surface area contributed by atoms with Crippen LogP contribution in [-0.4, -0.2) is 60.9 Å². The van der Waals surface area contributed by atoms with Gasteiger partial charge in [-0.1, -0.05) is 19.3 Å². The van der Waals surface area contributed by atoms with Crippen molar-refractivity contribution in [1.82, 2.24) is 4.90 Å². The van der Waals surface area contributed by atoms with E-state index in [0.29, 0.717) is 24.2 Å². The Bertz CT molecular complexity index is 827. The Morgan fingerprint density at radius 1 is 1.04 bits per heavy atom. The summed E-state index contributed by atoms with van der Waals surface area (Å²) in [6.07, 6.45) is 8.33. The fourth-order valence-corrected chi connectivity index (χ4v) is 5.29. The Morgan fingerprint density at radius 2 is 1.65 bits per heavy atom. The minimum absolute atomic E-state index is 0.0138. The number of likely N-dealkylation sites (N-methyl/N-ethyl adjacent to an activating group) is 1. The number of nitrogens with zero attached hydrogens (tertiary/aromatic N) is 1. The van der Waals surface area contributed by atoms with Gasteiger partial charge in [-0.15, -0.1) is 0 Å². The van der Waals surface area contributed by atoms with Crippen molar-refractivity contribution in [3.8, 4) is 0 Å². The molecule has 1 aromatic carbocycles. The second-order valence-corrected chi connectivity index (χ2v) is 11.5. The molecule has 148 valence electrons. The van der Waals surface area contributed by atoms with Gasteiger partial charge in [0, 0.05) is 25.1 Å². The summed E-state index contributed by atoms with van der Waals surface area (Å²) in [5.41, 5.74) is 0.461. The maximum absolute atomic E-state index is 12.2. The Morgan fingerprint density at radius 3 is 2.15 bits per heavy atom. The van der Waals surface area contributed by atoms with Crippen molar-refractivity contribution < 1.29 is 16.8 Å². The second kappa shape index (κ2) is 8.27. The van der Waals surface area contributed by atoms with Gasteiger partial charge in [0.1, 0.15) is 0 Å². The fraction of sp³-hybridized carbons (Fsp3) is 0.667. The van der Waals surface area contributed by atoms with Gasteiger partial charge in [0.05, 0.1) is 15.5 Å². The molecule has 0 heterocycles. The molecule has 2 rings (SSSR count). The SMILES string of the molecule is CN(C)C(CNc1ccc(S(C)(=O)=O)cc1S(C)(=O)=O)C1CCCCC1. The average Bonchev–Trinajstić information content (AvgIpc) is 2.54. The van der Waals surface area contributed by atoms with Crippen LogP contribution in [0.3, 0.4) is 0 Å². The summed E-state index contributed by atoms with van der Waals surface area (Å²) >= 11 is 0. The molecule has 26 heavy (non-hydrogen) atoms. The van der Waals surface area contributed by atoms with Gasteiger partial charge >= 0.3 is 0 Å². The first-order valence-electron chi connectivity index (χ1n) is 8.94. The van der Waals surface area contributed by atoms with Gasteiger partial charge in [0.25, 0.3) is 0 Å². The lowest BCUT2D eigenvalue weighted by molar-refractivity contribution is 0.179. The zero-order valence-electron chi connectivity index (χ0n) is 16.0. The molecule has 1 N–H and O–H groups in total. The fourth-order valence-electron chi connectivity index (χ4n) is 3.69. The molecule has 0 aliphatic heterocycles. The topological polar surface area (TPSA) is 83.6 Å². The molecule has 1 aromatic rings. The molecule has 0 aromatic heterocycles. The number of hydrogen-bond donors (Lipinski definition) is 1. The molecule has 6 nitrogen and oxygen atoms in total. The number of rotatable bonds is 7. The van der Waals surface area contributed by atoms with E-state index in [1.54, 1.807) is 6.07 Å². The number of sulfone groups is 2. The smallest absolute Gasteiger partial charge is 0.177 e. The zero-order chi connectivity index (χ0) is 19.5. The molecule has 1 saturated carbocycles. The number of benzene rings is 1. The van der Waals surface area contributed by atoms with Gasteiger partial charge in [0.2, 0.25) is 0 Å². The van der Waals surface area contributed by atoms with Gasteiger partial charge in [-0.25, -0.2) is 16.8 Å². The Labute approximate surface area is 157 Å². The second-order valence-electron chi connectivity index (χ2n) is 7.51. The van der Waals surface area contributed by atoms with Crippen molar-refractivity contribution >= 4 is 25.4 Å². The van der Waals surface area contributed by atoms with E-state index in [0.717, 1.165) is 12.5 Å². The number of anilines is 1. The van der Waals surface area contributed by atoms with Crippen molar-refractivity contribution in [2.75, 3.05) is 38.5 Å². The molecule has 0 saturated heterocycles. The minimum Gasteiger partial charge on any atom is -0.382 e. The van der Waals surface area contributed by atoms with E-state index >= 15 is 0 Å². The monoisotopic (exact) mass is 402 g/mol. The van der Waals surface area contributed by atoms with E-state index < -0.39 is 19.7 Å². The maximum atomic E-state index is 12.2. The van der Waals surface area contributed by atoms with E-state index in [2.05, 4.69) is 10.2 Å². The van der Waals surface area contributed by atoms with Crippen LogP contribution in [0.15, 0.2) is 28.0 Å². The van der Waals surface area contributed by atoms with Gasteiger partial charge in [-0.2, -0.15) is 0 Å². The van der Waals surface area contributed by atoms with Gasteiger partial charge in [0.15, 0.2) is 19.7 Å². The van der Waals surface area contributed by atoms with E-state index in [9.17, 15) is 16.8 Å². The molecule has 0 radical (unpaired) electrons. The Balaban J connectivity index is 2.27.